The molecule has 47 heavy (non-hydrogen) atoms. The van der Waals surface area contributed by atoms with Crippen LogP contribution in [0.5, 0.6) is 0 Å². The van der Waals surface area contributed by atoms with Gasteiger partial charge in [0.15, 0.2) is 5.82 Å². The Balaban J connectivity index is 1.18. The van der Waals surface area contributed by atoms with Crippen LogP contribution >= 0.6 is 0 Å². The van der Waals surface area contributed by atoms with Gasteiger partial charge in [-0.2, -0.15) is 0 Å². The van der Waals surface area contributed by atoms with E-state index in [9.17, 15) is 0 Å². The summed E-state index contributed by atoms with van der Waals surface area (Å²) in [5.74, 6) is 0.703. The maximum absolute atomic E-state index is 5.08. The van der Waals surface area contributed by atoms with Crippen LogP contribution in [0.3, 0.4) is 0 Å². The van der Waals surface area contributed by atoms with E-state index < -0.39 is 0 Å². The number of benzene rings is 6. The van der Waals surface area contributed by atoms with Gasteiger partial charge in [0.25, 0.3) is 0 Å². The molecule has 220 valence electrons. The summed E-state index contributed by atoms with van der Waals surface area (Å²) in [7, 11) is 0. The molecule has 0 bridgehead atoms. The Morgan fingerprint density at radius 2 is 0.979 bits per heavy atom. The zero-order valence-corrected chi connectivity index (χ0v) is 25.5. The maximum Gasteiger partial charge on any atom is 0.160 e. The van der Waals surface area contributed by atoms with Crippen LogP contribution in [0.2, 0.25) is 0 Å². The van der Waals surface area contributed by atoms with Crippen LogP contribution in [0.1, 0.15) is 0 Å². The van der Waals surface area contributed by atoms with E-state index in [1.165, 1.54) is 22.0 Å². The molecular weight excluding hydrogens is 573 g/mol. The van der Waals surface area contributed by atoms with Gasteiger partial charge in [-0.05, 0) is 47.0 Å². The monoisotopic (exact) mass is 600 g/mol. The predicted molar refractivity (Wildman–Crippen MR) is 193 cm³/mol. The molecule has 0 N–H and O–H groups in total. The number of aromatic nitrogens is 4. The van der Waals surface area contributed by atoms with Crippen molar-refractivity contribution in [2.45, 2.75) is 0 Å². The lowest BCUT2D eigenvalue weighted by atomic mass is 9.99. The molecule has 3 heterocycles. The second-order valence-electron chi connectivity index (χ2n) is 11.7. The first-order valence-electron chi connectivity index (χ1n) is 15.8. The lowest BCUT2D eigenvalue weighted by molar-refractivity contribution is 1.18. The van der Waals surface area contributed by atoms with E-state index >= 15 is 0 Å². The van der Waals surface area contributed by atoms with Crippen LogP contribution < -0.4 is 0 Å². The summed E-state index contributed by atoms with van der Waals surface area (Å²) < 4.78 is 2.33. The normalized spacial score (nSPS) is 11.4. The van der Waals surface area contributed by atoms with Gasteiger partial charge in [-0.3, -0.25) is 4.98 Å². The quantitative estimate of drug-likeness (QED) is 0.197. The molecule has 0 atom stereocenters. The average Bonchev–Trinajstić information content (AvgIpc) is 3.50. The highest BCUT2D eigenvalue weighted by Gasteiger charge is 2.17. The fraction of sp³-hybridized carbons (Fsp3) is 0. The summed E-state index contributed by atoms with van der Waals surface area (Å²) in [6, 6.07) is 57.0. The standard InChI is InChI=1S/C43H28N4/c1-3-12-29(13-4-1)33-16-11-17-34(26-33)38-27-37(45-43(46-38)32-14-5-2-6-15-32)30-22-24-31(25-23-30)42-35-18-7-9-20-39(35)47-40-21-10-8-19-36(40)44-28-41(42)47/h1-28H. The number of rotatable bonds is 5. The molecule has 4 nitrogen and oxygen atoms in total. The first kappa shape index (κ1) is 27.0. The van der Waals surface area contributed by atoms with Crippen molar-refractivity contribution in [1.82, 2.24) is 19.4 Å². The van der Waals surface area contributed by atoms with Crippen molar-refractivity contribution in [3.8, 4) is 56.2 Å². The molecule has 0 fully saturated rings. The van der Waals surface area contributed by atoms with Crippen LogP contribution in [0.25, 0.3) is 83.6 Å². The molecule has 9 aromatic rings. The lowest BCUT2D eigenvalue weighted by Crippen LogP contribution is -1.96. The van der Waals surface area contributed by atoms with Gasteiger partial charge in [0.1, 0.15) is 0 Å². The average molecular weight is 601 g/mol. The molecule has 9 rings (SSSR count). The minimum absolute atomic E-state index is 0.703. The molecule has 0 aliphatic carbocycles. The Morgan fingerprint density at radius 3 is 1.77 bits per heavy atom. The van der Waals surface area contributed by atoms with Crippen molar-refractivity contribution in [3.63, 3.8) is 0 Å². The number of fused-ring (bicyclic) bond motifs is 5. The topological polar surface area (TPSA) is 43.1 Å². The zero-order chi connectivity index (χ0) is 31.2. The molecule has 0 aliphatic rings. The minimum Gasteiger partial charge on any atom is -0.306 e. The van der Waals surface area contributed by atoms with E-state index in [0.29, 0.717) is 5.82 Å². The summed E-state index contributed by atoms with van der Waals surface area (Å²) in [6.07, 6.45) is 2.00. The van der Waals surface area contributed by atoms with Gasteiger partial charge in [-0.15, -0.1) is 0 Å². The lowest BCUT2D eigenvalue weighted by Gasteiger charge is -2.11. The van der Waals surface area contributed by atoms with Crippen molar-refractivity contribution in [3.05, 3.63) is 170 Å². The van der Waals surface area contributed by atoms with Gasteiger partial charge >= 0.3 is 0 Å². The Hall–Kier alpha value is -6.39. The third kappa shape index (κ3) is 4.75. The molecule has 0 aliphatic heterocycles. The van der Waals surface area contributed by atoms with Crippen LogP contribution in [0, 0.1) is 0 Å². The first-order chi connectivity index (χ1) is 23.3. The van der Waals surface area contributed by atoms with Crippen molar-refractivity contribution in [2.24, 2.45) is 0 Å². The van der Waals surface area contributed by atoms with Crippen molar-refractivity contribution in [2.75, 3.05) is 0 Å². The second-order valence-corrected chi connectivity index (χ2v) is 11.7. The van der Waals surface area contributed by atoms with Gasteiger partial charge in [-0.1, -0.05) is 133 Å². The molecule has 0 saturated heterocycles. The fourth-order valence-electron chi connectivity index (χ4n) is 6.59. The van der Waals surface area contributed by atoms with Gasteiger partial charge in [0.2, 0.25) is 0 Å². The summed E-state index contributed by atoms with van der Waals surface area (Å²) in [4.78, 5) is 15.0. The molecule has 0 amide bonds. The second kappa shape index (κ2) is 11.2. The highest BCUT2D eigenvalue weighted by molar-refractivity contribution is 6.08. The summed E-state index contributed by atoms with van der Waals surface area (Å²) in [6.45, 7) is 0. The van der Waals surface area contributed by atoms with Crippen molar-refractivity contribution >= 4 is 27.5 Å². The van der Waals surface area contributed by atoms with Gasteiger partial charge in [-0.25, -0.2) is 9.97 Å². The predicted octanol–water partition coefficient (Wildman–Crippen LogP) is 10.8. The molecular formula is C43H28N4. The van der Waals surface area contributed by atoms with Crippen LogP contribution in [-0.2, 0) is 0 Å². The molecule has 0 radical (unpaired) electrons. The third-order valence-corrected chi connectivity index (χ3v) is 8.85. The largest absolute Gasteiger partial charge is 0.306 e. The van der Waals surface area contributed by atoms with E-state index in [2.05, 4.69) is 138 Å². The highest BCUT2D eigenvalue weighted by Crippen LogP contribution is 2.38. The molecule has 0 saturated carbocycles. The molecule has 4 heteroatoms. The number of hydrogen-bond acceptors (Lipinski definition) is 3. The van der Waals surface area contributed by atoms with Crippen molar-refractivity contribution < 1.29 is 0 Å². The Labute approximate surface area is 272 Å². The van der Waals surface area contributed by atoms with E-state index in [4.69, 9.17) is 15.0 Å². The molecule has 0 spiro atoms. The highest BCUT2D eigenvalue weighted by atomic mass is 14.9. The van der Waals surface area contributed by atoms with E-state index in [1.54, 1.807) is 0 Å². The van der Waals surface area contributed by atoms with E-state index in [-0.39, 0.29) is 0 Å². The van der Waals surface area contributed by atoms with E-state index in [1.807, 2.05) is 36.5 Å². The Kier molecular flexibility index (Phi) is 6.43. The first-order valence-corrected chi connectivity index (χ1v) is 15.8. The van der Waals surface area contributed by atoms with E-state index in [0.717, 1.165) is 55.8 Å². The number of para-hydroxylation sites is 3. The molecule has 0 unspecified atom stereocenters. The van der Waals surface area contributed by atoms with Gasteiger partial charge in [0.05, 0.1) is 39.7 Å². The van der Waals surface area contributed by atoms with Crippen LogP contribution in [0.15, 0.2) is 170 Å². The minimum atomic E-state index is 0.703. The Morgan fingerprint density at radius 1 is 0.383 bits per heavy atom. The summed E-state index contributed by atoms with van der Waals surface area (Å²) in [5, 5.41) is 1.20. The van der Waals surface area contributed by atoms with Crippen LogP contribution in [0.4, 0.5) is 0 Å². The smallest absolute Gasteiger partial charge is 0.160 e. The fourth-order valence-corrected chi connectivity index (χ4v) is 6.59. The number of nitrogens with zero attached hydrogens (tertiary/aromatic N) is 4. The summed E-state index contributed by atoms with van der Waals surface area (Å²) in [5.41, 5.74) is 13.8. The summed E-state index contributed by atoms with van der Waals surface area (Å²) >= 11 is 0. The SMILES string of the molecule is c1ccc(-c2cccc(-c3cc(-c4ccc(-c5c6ccccc6n6c5cnc5ccccc56)cc4)nc(-c4ccccc4)n3)c2)cc1. The van der Waals surface area contributed by atoms with Crippen molar-refractivity contribution in [1.29, 1.82) is 0 Å². The molecule has 3 aromatic heterocycles. The maximum atomic E-state index is 5.08. The number of hydrogen-bond donors (Lipinski definition) is 0. The zero-order valence-electron chi connectivity index (χ0n) is 25.5. The molecule has 6 aromatic carbocycles. The van der Waals surface area contributed by atoms with Gasteiger partial charge < -0.3 is 4.40 Å². The van der Waals surface area contributed by atoms with Crippen LogP contribution in [-0.4, -0.2) is 19.4 Å². The van der Waals surface area contributed by atoms with Gasteiger partial charge in [0, 0.05) is 27.6 Å². The Bertz CT molecular complexity index is 2550. The third-order valence-electron chi connectivity index (χ3n) is 8.85.